The molecule has 2 heterocycles. The summed E-state index contributed by atoms with van der Waals surface area (Å²) in [5.74, 6) is 1.35. The quantitative estimate of drug-likeness (QED) is 0.533. The van der Waals surface area contributed by atoms with Crippen molar-refractivity contribution in [3.63, 3.8) is 0 Å². The molecule has 0 saturated heterocycles. The highest BCUT2D eigenvalue weighted by molar-refractivity contribution is 5.80. The van der Waals surface area contributed by atoms with Crippen LogP contribution in [0.2, 0.25) is 0 Å². The first-order valence-corrected chi connectivity index (χ1v) is 9.29. The summed E-state index contributed by atoms with van der Waals surface area (Å²) in [5, 5.41) is 14.4. The SMILES string of the molecule is CCCN(Cc1ccc(-c2ccccc2-c2nn[nH]n2)cc1)c1ncccn1. The number of hydrogen-bond acceptors (Lipinski definition) is 6. The molecule has 2 aromatic heterocycles. The van der Waals surface area contributed by atoms with Gasteiger partial charge in [-0.3, -0.25) is 0 Å². The maximum absolute atomic E-state index is 4.39. The lowest BCUT2D eigenvalue weighted by Crippen LogP contribution is -2.25. The van der Waals surface area contributed by atoms with E-state index >= 15 is 0 Å². The highest BCUT2D eigenvalue weighted by Gasteiger charge is 2.12. The summed E-state index contributed by atoms with van der Waals surface area (Å²) in [6.07, 6.45) is 4.60. The number of H-pyrrole nitrogens is 1. The van der Waals surface area contributed by atoms with Crippen molar-refractivity contribution in [2.24, 2.45) is 0 Å². The van der Waals surface area contributed by atoms with Crippen LogP contribution in [0, 0.1) is 0 Å². The van der Waals surface area contributed by atoms with Gasteiger partial charge in [-0.25, -0.2) is 9.97 Å². The molecule has 7 heteroatoms. The Morgan fingerprint density at radius 2 is 1.64 bits per heavy atom. The molecule has 28 heavy (non-hydrogen) atoms. The smallest absolute Gasteiger partial charge is 0.225 e. The second-order valence-electron chi connectivity index (χ2n) is 6.45. The number of rotatable bonds is 7. The predicted molar refractivity (Wildman–Crippen MR) is 108 cm³/mol. The summed E-state index contributed by atoms with van der Waals surface area (Å²) in [7, 11) is 0. The first-order valence-electron chi connectivity index (χ1n) is 9.29. The van der Waals surface area contributed by atoms with Gasteiger partial charge in [-0.1, -0.05) is 55.5 Å². The van der Waals surface area contributed by atoms with Crippen molar-refractivity contribution in [2.75, 3.05) is 11.4 Å². The minimum Gasteiger partial charge on any atom is -0.337 e. The molecule has 7 nitrogen and oxygen atoms in total. The third kappa shape index (κ3) is 3.88. The van der Waals surface area contributed by atoms with Crippen LogP contribution in [-0.2, 0) is 6.54 Å². The Morgan fingerprint density at radius 1 is 0.893 bits per heavy atom. The summed E-state index contributed by atoms with van der Waals surface area (Å²) in [6, 6.07) is 18.5. The maximum atomic E-state index is 4.39. The Hall–Kier alpha value is -3.61. The van der Waals surface area contributed by atoms with Gasteiger partial charge in [-0.15, -0.1) is 10.2 Å². The van der Waals surface area contributed by atoms with E-state index < -0.39 is 0 Å². The lowest BCUT2D eigenvalue weighted by Gasteiger charge is -2.22. The zero-order valence-electron chi connectivity index (χ0n) is 15.7. The summed E-state index contributed by atoms with van der Waals surface area (Å²) >= 11 is 0. The van der Waals surface area contributed by atoms with E-state index in [0.29, 0.717) is 5.82 Å². The van der Waals surface area contributed by atoms with E-state index in [2.05, 4.69) is 72.7 Å². The Balaban J connectivity index is 1.58. The number of nitrogens with one attached hydrogen (secondary N) is 1. The number of tetrazole rings is 1. The van der Waals surface area contributed by atoms with Crippen LogP contribution in [0.1, 0.15) is 18.9 Å². The van der Waals surface area contributed by atoms with Gasteiger partial charge >= 0.3 is 0 Å². The van der Waals surface area contributed by atoms with E-state index in [4.69, 9.17) is 0 Å². The van der Waals surface area contributed by atoms with Gasteiger partial charge in [0, 0.05) is 31.0 Å². The molecule has 0 amide bonds. The van der Waals surface area contributed by atoms with Crippen LogP contribution in [0.5, 0.6) is 0 Å². The largest absolute Gasteiger partial charge is 0.337 e. The van der Waals surface area contributed by atoms with Crippen molar-refractivity contribution in [3.05, 3.63) is 72.6 Å². The summed E-state index contributed by atoms with van der Waals surface area (Å²) in [4.78, 5) is 11.0. The van der Waals surface area contributed by atoms with E-state index in [0.717, 1.165) is 42.1 Å². The molecule has 0 bridgehead atoms. The highest BCUT2D eigenvalue weighted by Crippen LogP contribution is 2.29. The normalized spacial score (nSPS) is 10.8. The first-order chi connectivity index (χ1) is 13.8. The molecule has 4 aromatic rings. The Morgan fingerprint density at radius 3 is 2.32 bits per heavy atom. The number of aromatic amines is 1. The minimum atomic E-state index is 0.593. The molecule has 0 aliphatic carbocycles. The monoisotopic (exact) mass is 371 g/mol. The van der Waals surface area contributed by atoms with Crippen molar-refractivity contribution in [3.8, 4) is 22.5 Å². The van der Waals surface area contributed by atoms with E-state index in [9.17, 15) is 0 Å². The molecule has 0 spiro atoms. The summed E-state index contributed by atoms with van der Waals surface area (Å²) < 4.78 is 0. The molecule has 0 atom stereocenters. The van der Waals surface area contributed by atoms with E-state index in [1.165, 1.54) is 5.56 Å². The van der Waals surface area contributed by atoms with Crippen molar-refractivity contribution in [1.82, 2.24) is 30.6 Å². The van der Waals surface area contributed by atoms with Gasteiger partial charge in [0.25, 0.3) is 0 Å². The fraction of sp³-hybridized carbons (Fsp3) is 0.190. The Bertz CT molecular complexity index is 999. The highest BCUT2D eigenvalue weighted by atomic mass is 15.5. The van der Waals surface area contributed by atoms with Crippen molar-refractivity contribution < 1.29 is 0 Å². The van der Waals surface area contributed by atoms with Crippen LogP contribution in [0.25, 0.3) is 22.5 Å². The van der Waals surface area contributed by atoms with Gasteiger partial charge in [0.15, 0.2) is 0 Å². The summed E-state index contributed by atoms with van der Waals surface area (Å²) in [6.45, 7) is 3.84. The topological polar surface area (TPSA) is 83.5 Å². The predicted octanol–water partition coefficient (Wildman–Crippen LogP) is 3.74. The molecule has 4 rings (SSSR count). The number of benzene rings is 2. The average Bonchev–Trinajstić information content (AvgIpc) is 3.29. The van der Waals surface area contributed by atoms with Crippen LogP contribution >= 0.6 is 0 Å². The van der Waals surface area contributed by atoms with E-state index in [1.54, 1.807) is 12.4 Å². The molecular formula is C21H21N7. The molecule has 0 unspecified atom stereocenters. The van der Waals surface area contributed by atoms with Crippen LogP contribution in [0.15, 0.2) is 67.0 Å². The molecule has 0 fully saturated rings. The third-order valence-electron chi connectivity index (χ3n) is 4.48. The van der Waals surface area contributed by atoms with Crippen molar-refractivity contribution in [1.29, 1.82) is 0 Å². The third-order valence-corrected chi connectivity index (χ3v) is 4.48. The van der Waals surface area contributed by atoms with Gasteiger partial charge in [0.05, 0.1) is 0 Å². The molecule has 140 valence electrons. The molecule has 0 saturated carbocycles. The molecule has 0 aliphatic rings. The standard InChI is InChI=1S/C21H21N7/c1-2-14-28(21-22-12-5-13-23-21)15-16-8-10-17(11-9-16)18-6-3-4-7-19(18)20-24-26-27-25-20/h3-13H,2,14-15H2,1H3,(H,24,25,26,27). The van der Waals surface area contributed by atoms with Gasteiger partial charge < -0.3 is 4.90 Å². The fourth-order valence-corrected chi connectivity index (χ4v) is 3.19. The molecule has 2 aromatic carbocycles. The van der Waals surface area contributed by atoms with Crippen LogP contribution < -0.4 is 4.90 Å². The Labute approximate surface area is 163 Å². The van der Waals surface area contributed by atoms with Crippen molar-refractivity contribution >= 4 is 5.95 Å². The van der Waals surface area contributed by atoms with Gasteiger partial charge in [0.1, 0.15) is 0 Å². The lowest BCUT2D eigenvalue weighted by molar-refractivity contribution is 0.739. The average molecular weight is 371 g/mol. The number of nitrogens with zero attached hydrogens (tertiary/aromatic N) is 6. The molecule has 0 radical (unpaired) electrons. The lowest BCUT2D eigenvalue weighted by atomic mass is 9.98. The molecule has 0 aliphatic heterocycles. The van der Waals surface area contributed by atoms with Gasteiger partial charge in [-0.2, -0.15) is 5.21 Å². The van der Waals surface area contributed by atoms with E-state index in [-0.39, 0.29) is 0 Å². The number of aromatic nitrogens is 6. The summed E-state index contributed by atoms with van der Waals surface area (Å²) in [5.41, 5.74) is 4.35. The number of hydrogen-bond donors (Lipinski definition) is 1. The van der Waals surface area contributed by atoms with Gasteiger partial charge in [-0.05, 0) is 34.4 Å². The zero-order chi connectivity index (χ0) is 19.2. The minimum absolute atomic E-state index is 0.593. The van der Waals surface area contributed by atoms with Crippen LogP contribution in [-0.4, -0.2) is 37.1 Å². The Kier molecular flexibility index (Phi) is 5.33. The van der Waals surface area contributed by atoms with Crippen LogP contribution in [0.3, 0.4) is 0 Å². The first kappa shape index (κ1) is 17.8. The van der Waals surface area contributed by atoms with Crippen molar-refractivity contribution in [2.45, 2.75) is 19.9 Å². The molecular weight excluding hydrogens is 350 g/mol. The zero-order valence-corrected chi connectivity index (χ0v) is 15.7. The molecule has 1 N–H and O–H groups in total. The second kappa shape index (κ2) is 8.39. The maximum Gasteiger partial charge on any atom is 0.225 e. The van der Waals surface area contributed by atoms with Crippen LogP contribution in [0.4, 0.5) is 5.95 Å². The van der Waals surface area contributed by atoms with E-state index in [1.807, 2.05) is 24.3 Å². The van der Waals surface area contributed by atoms with Gasteiger partial charge in [0.2, 0.25) is 11.8 Å². The number of anilines is 1. The fourth-order valence-electron chi connectivity index (χ4n) is 3.19. The second-order valence-corrected chi connectivity index (χ2v) is 6.45.